The molecule has 1 aromatic carbocycles. The van der Waals surface area contributed by atoms with Gasteiger partial charge >= 0.3 is 6.09 Å². The molecule has 3 heterocycles. The topological polar surface area (TPSA) is 97.7 Å². The number of nitrogen functional groups attached to an aromatic ring is 1. The maximum Gasteiger partial charge on any atom is 0.410 e. The van der Waals surface area contributed by atoms with Crippen LogP contribution in [-0.4, -0.2) is 52.2 Å². The van der Waals surface area contributed by atoms with Gasteiger partial charge < -0.3 is 24.7 Å². The summed E-state index contributed by atoms with van der Waals surface area (Å²) in [4.78, 5) is 25.6. The summed E-state index contributed by atoms with van der Waals surface area (Å²) in [7, 11) is 0. The molecule has 0 bridgehead atoms. The zero-order valence-electron chi connectivity index (χ0n) is 18.5. The van der Waals surface area contributed by atoms with Gasteiger partial charge in [0, 0.05) is 30.0 Å². The lowest BCUT2D eigenvalue weighted by Crippen LogP contribution is -2.58. The highest BCUT2D eigenvalue weighted by molar-refractivity contribution is 6.31. The molecule has 31 heavy (non-hydrogen) atoms. The molecular weight excluding hydrogens is 418 g/mol. The van der Waals surface area contributed by atoms with Gasteiger partial charge in [0.25, 0.3) is 0 Å². The second-order valence-electron chi connectivity index (χ2n) is 9.26. The summed E-state index contributed by atoms with van der Waals surface area (Å²) in [6.07, 6.45) is -0.295. The van der Waals surface area contributed by atoms with Crippen molar-refractivity contribution in [2.24, 2.45) is 5.92 Å². The van der Waals surface area contributed by atoms with E-state index < -0.39 is 5.60 Å². The van der Waals surface area contributed by atoms with Crippen molar-refractivity contribution in [3.63, 3.8) is 0 Å². The molecule has 0 saturated carbocycles. The van der Waals surface area contributed by atoms with Gasteiger partial charge in [0.2, 0.25) is 5.95 Å². The zero-order valence-corrected chi connectivity index (χ0v) is 19.2. The number of hydrogen-bond donors (Lipinski definition) is 1. The molecule has 8 nitrogen and oxygen atoms in total. The Kier molecular flexibility index (Phi) is 5.37. The van der Waals surface area contributed by atoms with Crippen LogP contribution in [0, 0.1) is 5.92 Å². The third kappa shape index (κ3) is 4.21. The Morgan fingerprint density at radius 2 is 2.03 bits per heavy atom. The molecule has 1 fully saturated rings. The molecule has 1 aliphatic heterocycles. The normalized spacial score (nSPS) is 17.7. The minimum absolute atomic E-state index is 0.0475. The van der Waals surface area contributed by atoms with Crippen LogP contribution in [0.2, 0.25) is 5.02 Å². The molecule has 1 atom stereocenters. The predicted octanol–water partition coefficient (Wildman–Crippen LogP) is 4.69. The Balaban J connectivity index is 1.70. The highest BCUT2D eigenvalue weighted by Gasteiger charge is 2.36. The number of ether oxygens (including phenoxy) is 1. The molecule has 1 aliphatic rings. The van der Waals surface area contributed by atoms with Gasteiger partial charge in [-0.15, -0.1) is 0 Å². The summed E-state index contributed by atoms with van der Waals surface area (Å²) in [6, 6.07) is 5.36. The van der Waals surface area contributed by atoms with Gasteiger partial charge in [-0.3, -0.25) is 0 Å². The van der Waals surface area contributed by atoms with Crippen LogP contribution in [0.25, 0.3) is 22.1 Å². The van der Waals surface area contributed by atoms with E-state index in [9.17, 15) is 4.79 Å². The molecule has 166 valence electrons. The first-order chi connectivity index (χ1) is 14.5. The number of carbonyl (C=O) groups is 1. The average molecular weight is 446 g/mol. The van der Waals surface area contributed by atoms with E-state index in [1.165, 1.54) is 0 Å². The number of hydrogen-bond acceptors (Lipinski definition) is 7. The first-order valence-electron chi connectivity index (χ1n) is 10.4. The highest BCUT2D eigenvalue weighted by Crippen LogP contribution is 2.36. The van der Waals surface area contributed by atoms with E-state index in [-0.39, 0.29) is 24.0 Å². The fraction of sp³-hybridized carbons (Fsp3) is 0.500. The second kappa shape index (κ2) is 7.75. The van der Waals surface area contributed by atoms with Crippen LogP contribution in [0.15, 0.2) is 22.6 Å². The molecule has 2 aromatic heterocycles. The van der Waals surface area contributed by atoms with E-state index in [1.54, 1.807) is 6.07 Å². The summed E-state index contributed by atoms with van der Waals surface area (Å²) in [5.74, 6) is 1.02. The Bertz CT molecular complexity index is 1140. The monoisotopic (exact) mass is 445 g/mol. The number of carbonyl (C=O) groups excluding carboxylic acids is 1. The van der Waals surface area contributed by atoms with Crippen LogP contribution >= 0.6 is 11.6 Å². The number of anilines is 2. The van der Waals surface area contributed by atoms with Crippen molar-refractivity contribution in [3.05, 3.63) is 23.2 Å². The molecule has 0 radical (unpaired) electrons. The third-order valence-corrected chi connectivity index (χ3v) is 5.62. The number of piperazine rings is 1. The smallest absolute Gasteiger partial charge is 0.410 e. The summed E-state index contributed by atoms with van der Waals surface area (Å²) in [5, 5.41) is 1.39. The first kappa shape index (κ1) is 21.5. The lowest BCUT2D eigenvalue weighted by Gasteiger charge is -2.43. The van der Waals surface area contributed by atoms with E-state index in [0.29, 0.717) is 47.2 Å². The fourth-order valence-corrected chi connectivity index (χ4v) is 4.12. The largest absolute Gasteiger partial charge is 0.450 e. The number of amides is 1. The maximum atomic E-state index is 12.8. The summed E-state index contributed by atoms with van der Waals surface area (Å²) >= 11 is 6.17. The van der Waals surface area contributed by atoms with Crippen LogP contribution in [0.4, 0.5) is 16.6 Å². The quantitative estimate of drug-likeness (QED) is 0.610. The average Bonchev–Trinajstić information content (AvgIpc) is 3.03. The van der Waals surface area contributed by atoms with Crippen LogP contribution < -0.4 is 10.6 Å². The van der Waals surface area contributed by atoms with Crippen LogP contribution in [0.5, 0.6) is 0 Å². The SMILES string of the molecule is CC(C)[C@H]1CN(c2nc(N)nc3c2oc2ccc(Cl)cc23)CCN1C(=O)OC(C)(C)C. The lowest BCUT2D eigenvalue weighted by molar-refractivity contribution is 0.00879. The number of nitrogens with zero attached hydrogens (tertiary/aromatic N) is 4. The highest BCUT2D eigenvalue weighted by atomic mass is 35.5. The third-order valence-electron chi connectivity index (χ3n) is 5.39. The van der Waals surface area contributed by atoms with Gasteiger partial charge in [0.1, 0.15) is 16.7 Å². The van der Waals surface area contributed by atoms with E-state index in [0.717, 1.165) is 5.39 Å². The van der Waals surface area contributed by atoms with Crippen LogP contribution in [0.1, 0.15) is 34.6 Å². The Morgan fingerprint density at radius 1 is 1.29 bits per heavy atom. The minimum Gasteiger partial charge on any atom is -0.450 e. The predicted molar refractivity (Wildman–Crippen MR) is 123 cm³/mol. The number of nitrogens with two attached hydrogens (primary N) is 1. The maximum absolute atomic E-state index is 12.8. The van der Waals surface area contributed by atoms with Gasteiger partial charge in [-0.05, 0) is 44.9 Å². The Labute approximate surface area is 186 Å². The van der Waals surface area contributed by atoms with Crippen LogP contribution in [-0.2, 0) is 4.74 Å². The summed E-state index contributed by atoms with van der Waals surface area (Å²) < 4.78 is 11.7. The van der Waals surface area contributed by atoms with Crippen molar-refractivity contribution in [3.8, 4) is 0 Å². The number of halogens is 1. The van der Waals surface area contributed by atoms with Gasteiger partial charge in [0.15, 0.2) is 11.4 Å². The van der Waals surface area contributed by atoms with Crippen molar-refractivity contribution < 1.29 is 13.9 Å². The second-order valence-corrected chi connectivity index (χ2v) is 9.69. The van der Waals surface area contributed by atoms with E-state index >= 15 is 0 Å². The minimum atomic E-state index is -0.543. The van der Waals surface area contributed by atoms with Crippen LogP contribution in [0.3, 0.4) is 0 Å². The number of furan rings is 1. The van der Waals surface area contributed by atoms with Gasteiger partial charge in [-0.25, -0.2) is 9.78 Å². The fourth-order valence-electron chi connectivity index (χ4n) is 3.95. The van der Waals surface area contributed by atoms with E-state index in [4.69, 9.17) is 26.5 Å². The number of benzene rings is 1. The van der Waals surface area contributed by atoms with Gasteiger partial charge in [-0.1, -0.05) is 25.4 Å². The van der Waals surface area contributed by atoms with Gasteiger partial charge in [-0.2, -0.15) is 4.98 Å². The Hall–Kier alpha value is -2.74. The number of fused-ring (bicyclic) bond motifs is 3. The standard InChI is InChI=1S/C22H28ClN5O3/c1-12(2)15-11-27(8-9-28(15)21(29)31-22(3,4)5)19-18-17(25-20(24)26-19)14-10-13(23)6-7-16(14)30-18/h6-7,10,12,15H,8-9,11H2,1-5H3,(H2,24,25,26)/t15-/m1/s1. The molecule has 0 aliphatic carbocycles. The molecule has 3 aromatic rings. The first-order valence-corrected chi connectivity index (χ1v) is 10.8. The van der Waals surface area contributed by atoms with Crippen molar-refractivity contribution in [1.82, 2.24) is 14.9 Å². The summed E-state index contributed by atoms with van der Waals surface area (Å²) in [5.41, 5.74) is 7.39. The van der Waals surface area contributed by atoms with Crippen molar-refractivity contribution in [2.75, 3.05) is 30.3 Å². The molecule has 0 unspecified atom stereocenters. The molecule has 4 rings (SSSR count). The lowest BCUT2D eigenvalue weighted by atomic mass is 10.00. The molecule has 0 spiro atoms. The number of rotatable bonds is 2. The van der Waals surface area contributed by atoms with E-state index in [2.05, 4.69) is 28.7 Å². The molecule has 2 N–H and O–H groups in total. The Morgan fingerprint density at radius 3 is 2.71 bits per heavy atom. The van der Waals surface area contributed by atoms with Gasteiger partial charge in [0.05, 0.1) is 6.04 Å². The van der Waals surface area contributed by atoms with Crippen molar-refractivity contribution in [1.29, 1.82) is 0 Å². The molecule has 1 amide bonds. The van der Waals surface area contributed by atoms with E-state index in [1.807, 2.05) is 37.8 Å². The molecule has 1 saturated heterocycles. The zero-order chi connectivity index (χ0) is 22.5. The molecule has 9 heteroatoms. The number of aromatic nitrogens is 2. The molecular formula is C22H28ClN5O3. The summed E-state index contributed by atoms with van der Waals surface area (Å²) in [6.45, 7) is 11.5. The van der Waals surface area contributed by atoms with Crippen molar-refractivity contribution >= 4 is 51.5 Å². The van der Waals surface area contributed by atoms with Crippen molar-refractivity contribution in [2.45, 2.75) is 46.3 Å².